The first-order valence-corrected chi connectivity index (χ1v) is 11.4. The zero-order chi connectivity index (χ0) is 24.2. The number of carbonyl (C=O) groups is 1. The van der Waals surface area contributed by atoms with Gasteiger partial charge in [-0.15, -0.1) is 0 Å². The molecule has 0 heterocycles. The Hall–Kier alpha value is -3.82. The number of amides is 2. The number of nitrogens with one attached hydrogen (secondary N) is 2. The minimum atomic E-state index is -0.459. The van der Waals surface area contributed by atoms with Crippen LogP contribution in [0.15, 0.2) is 47.6 Å². The van der Waals surface area contributed by atoms with Gasteiger partial charge in [-0.3, -0.25) is 10.1 Å². The molecule has 1 aliphatic carbocycles. The zero-order valence-electron chi connectivity index (χ0n) is 19.2. The smallest absolute Gasteiger partial charge is 0.335 e. The number of non-ortho nitro benzene ring substituents is 1. The number of hydrogen-bond acceptors (Lipinski definition) is 7. The van der Waals surface area contributed by atoms with Gasteiger partial charge in [0.25, 0.3) is 5.69 Å². The van der Waals surface area contributed by atoms with E-state index in [1.54, 1.807) is 36.5 Å². The van der Waals surface area contributed by atoms with E-state index in [2.05, 4.69) is 15.8 Å². The highest BCUT2D eigenvalue weighted by molar-refractivity contribution is 5.82. The largest absolute Gasteiger partial charge is 0.490 e. The molecule has 1 saturated carbocycles. The van der Waals surface area contributed by atoms with E-state index < -0.39 is 4.92 Å². The van der Waals surface area contributed by atoms with E-state index >= 15 is 0 Å². The molecule has 3 rings (SSSR count). The summed E-state index contributed by atoms with van der Waals surface area (Å²) in [7, 11) is 0. The van der Waals surface area contributed by atoms with Crippen molar-refractivity contribution in [3.8, 4) is 17.2 Å². The number of nitro benzene ring substituents is 1. The first-order chi connectivity index (χ1) is 16.5. The maximum Gasteiger partial charge on any atom is 0.335 e. The fraction of sp³-hybridized carbons (Fsp3) is 0.417. The van der Waals surface area contributed by atoms with Crippen LogP contribution in [0.1, 0.15) is 44.6 Å². The van der Waals surface area contributed by atoms with E-state index in [9.17, 15) is 14.9 Å². The average molecular weight is 471 g/mol. The van der Waals surface area contributed by atoms with Crippen LogP contribution in [0.2, 0.25) is 0 Å². The predicted molar refractivity (Wildman–Crippen MR) is 128 cm³/mol. The Balaban J connectivity index is 1.47. The van der Waals surface area contributed by atoms with E-state index in [1.807, 2.05) is 6.92 Å². The van der Waals surface area contributed by atoms with Crippen LogP contribution in [0.3, 0.4) is 0 Å². The summed E-state index contributed by atoms with van der Waals surface area (Å²) in [5, 5.41) is 17.7. The number of carbonyl (C=O) groups excluding carboxylic acids is 1. The number of hydrazone groups is 1. The summed E-state index contributed by atoms with van der Waals surface area (Å²) in [6.45, 7) is 2.84. The molecule has 1 aliphatic rings. The monoisotopic (exact) mass is 470 g/mol. The van der Waals surface area contributed by atoms with E-state index in [0.717, 1.165) is 31.2 Å². The molecule has 182 valence electrons. The zero-order valence-corrected chi connectivity index (χ0v) is 19.2. The summed E-state index contributed by atoms with van der Waals surface area (Å²) >= 11 is 0. The van der Waals surface area contributed by atoms with Crippen molar-refractivity contribution in [2.24, 2.45) is 5.10 Å². The molecule has 0 bridgehead atoms. The average Bonchev–Trinajstić information content (AvgIpc) is 2.84. The maximum absolute atomic E-state index is 12.0. The van der Waals surface area contributed by atoms with Crippen LogP contribution >= 0.6 is 0 Å². The van der Waals surface area contributed by atoms with Crippen LogP contribution in [-0.2, 0) is 0 Å². The van der Waals surface area contributed by atoms with Crippen LogP contribution in [0.4, 0.5) is 10.5 Å². The van der Waals surface area contributed by atoms with Gasteiger partial charge in [0.05, 0.1) is 17.7 Å². The molecular formula is C24H30N4O6. The van der Waals surface area contributed by atoms with Crippen molar-refractivity contribution in [3.63, 3.8) is 0 Å². The second-order valence-electron chi connectivity index (χ2n) is 7.77. The predicted octanol–water partition coefficient (Wildman–Crippen LogP) is 4.42. The van der Waals surface area contributed by atoms with E-state index in [1.165, 1.54) is 18.6 Å². The molecule has 2 amide bonds. The van der Waals surface area contributed by atoms with Crippen molar-refractivity contribution in [1.29, 1.82) is 0 Å². The van der Waals surface area contributed by atoms with Crippen molar-refractivity contribution in [2.45, 2.75) is 45.1 Å². The molecule has 0 radical (unpaired) electrons. The number of nitro groups is 1. The highest BCUT2D eigenvalue weighted by Crippen LogP contribution is 2.28. The van der Waals surface area contributed by atoms with Gasteiger partial charge >= 0.3 is 6.03 Å². The second kappa shape index (κ2) is 13.0. The summed E-state index contributed by atoms with van der Waals surface area (Å²) in [5.41, 5.74) is 3.26. The van der Waals surface area contributed by atoms with Crippen molar-refractivity contribution in [3.05, 3.63) is 58.1 Å². The molecule has 0 spiro atoms. The van der Waals surface area contributed by atoms with Gasteiger partial charge in [-0.05, 0) is 55.7 Å². The Morgan fingerprint density at radius 2 is 1.79 bits per heavy atom. The SMILES string of the molecule is CCOc1cc(/C=N\NC(=O)NC2CCCCC2)ccc1OCCOc1ccc([N+](=O)[O-])cc1. The fourth-order valence-electron chi connectivity index (χ4n) is 3.60. The minimum absolute atomic E-state index is 0.00800. The standard InChI is InChI=1S/C24H30N4O6/c1-2-32-23-16-18(17-25-27-24(29)26-19-6-4-3-5-7-19)8-13-22(23)34-15-14-33-21-11-9-20(10-12-21)28(30)31/h8-13,16-17,19H,2-7,14-15H2,1H3,(H2,26,27,29)/b25-17-. The molecule has 10 heteroatoms. The first-order valence-electron chi connectivity index (χ1n) is 11.4. The first kappa shape index (κ1) is 24.8. The summed E-state index contributed by atoms with van der Waals surface area (Å²) in [6.07, 6.45) is 7.08. The van der Waals surface area contributed by atoms with Crippen molar-refractivity contribution < 1.29 is 23.9 Å². The molecule has 2 N–H and O–H groups in total. The topological polar surface area (TPSA) is 124 Å². The lowest BCUT2D eigenvalue weighted by molar-refractivity contribution is -0.384. The molecule has 2 aromatic rings. The molecular weight excluding hydrogens is 440 g/mol. The lowest BCUT2D eigenvalue weighted by atomic mass is 9.96. The third-order valence-electron chi connectivity index (χ3n) is 5.24. The maximum atomic E-state index is 12.0. The number of benzene rings is 2. The number of nitrogens with zero attached hydrogens (tertiary/aromatic N) is 2. The molecule has 1 fully saturated rings. The molecule has 34 heavy (non-hydrogen) atoms. The van der Waals surface area contributed by atoms with Crippen LogP contribution in [0, 0.1) is 10.1 Å². The number of rotatable bonds is 11. The molecule has 0 aliphatic heterocycles. The van der Waals surface area contributed by atoms with Crippen molar-refractivity contribution in [1.82, 2.24) is 10.7 Å². The second-order valence-corrected chi connectivity index (χ2v) is 7.77. The molecule has 0 unspecified atom stereocenters. The van der Waals surface area contributed by atoms with Crippen LogP contribution in [0.5, 0.6) is 17.2 Å². The number of urea groups is 1. The van der Waals surface area contributed by atoms with Gasteiger partial charge in [0.1, 0.15) is 19.0 Å². The quantitative estimate of drug-likeness (QED) is 0.217. The molecule has 0 saturated heterocycles. The third-order valence-corrected chi connectivity index (χ3v) is 5.24. The van der Waals surface area contributed by atoms with Crippen molar-refractivity contribution >= 4 is 17.9 Å². The Kier molecular flexibility index (Phi) is 9.51. The normalized spacial score (nSPS) is 13.9. The van der Waals surface area contributed by atoms with Gasteiger partial charge in [0.15, 0.2) is 11.5 Å². The highest BCUT2D eigenvalue weighted by atomic mass is 16.6. The summed E-state index contributed by atoms with van der Waals surface area (Å²) in [5.74, 6) is 1.62. The van der Waals surface area contributed by atoms with Gasteiger partial charge < -0.3 is 19.5 Å². The Labute approximate surface area is 198 Å². The Morgan fingerprint density at radius 3 is 2.50 bits per heavy atom. The van der Waals surface area contributed by atoms with Gasteiger partial charge in [-0.25, -0.2) is 10.2 Å². The molecule has 10 nitrogen and oxygen atoms in total. The molecule has 2 aromatic carbocycles. The lowest BCUT2D eigenvalue weighted by Crippen LogP contribution is -2.41. The lowest BCUT2D eigenvalue weighted by Gasteiger charge is -2.22. The summed E-state index contributed by atoms with van der Waals surface area (Å²) in [6, 6.07) is 11.1. The number of ether oxygens (including phenoxy) is 3. The Bertz CT molecular complexity index is 974. The van der Waals surface area contributed by atoms with E-state index in [4.69, 9.17) is 14.2 Å². The molecule has 0 atom stereocenters. The fourth-order valence-corrected chi connectivity index (χ4v) is 3.60. The third kappa shape index (κ3) is 7.95. The summed E-state index contributed by atoms with van der Waals surface area (Å²) < 4.78 is 17.0. The Morgan fingerprint density at radius 1 is 1.06 bits per heavy atom. The van der Waals surface area contributed by atoms with Crippen molar-refractivity contribution in [2.75, 3.05) is 19.8 Å². The van der Waals surface area contributed by atoms with Crippen LogP contribution in [-0.4, -0.2) is 43.0 Å². The van der Waals surface area contributed by atoms with E-state index in [0.29, 0.717) is 23.9 Å². The minimum Gasteiger partial charge on any atom is -0.490 e. The van der Waals surface area contributed by atoms with Gasteiger partial charge in [0.2, 0.25) is 0 Å². The van der Waals surface area contributed by atoms with Gasteiger partial charge in [-0.2, -0.15) is 5.10 Å². The van der Waals surface area contributed by atoms with Gasteiger partial charge in [0, 0.05) is 18.2 Å². The van der Waals surface area contributed by atoms with Crippen LogP contribution in [0.25, 0.3) is 0 Å². The molecule has 0 aromatic heterocycles. The highest BCUT2D eigenvalue weighted by Gasteiger charge is 2.15. The van der Waals surface area contributed by atoms with Gasteiger partial charge in [-0.1, -0.05) is 19.3 Å². The van der Waals surface area contributed by atoms with E-state index in [-0.39, 0.29) is 31.0 Å². The van der Waals surface area contributed by atoms with Crippen LogP contribution < -0.4 is 25.0 Å². The summed E-state index contributed by atoms with van der Waals surface area (Å²) in [4.78, 5) is 22.2. The number of hydrogen-bond donors (Lipinski definition) is 2.